The van der Waals surface area contributed by atoms with Crippen LogP contribution in [0.4, 0.5) is 8.63 Å². The molecule has 0 aliphatic heterocycles. The van der Waals surface area contributed by atoms with E-state index in [1.54, 1.807) is 61.7 Å². The van der Waals surface area contributed by atoms with Crippen molar-refractivity contribution in [1.29, 1.82) is 0 Å². The van der Waals surface area contributed by atoms with Crippen LogP contribution in [0, 0.1) is 0 Å². The second-order valence-corrected chi connectivity index (χ2v) is 6.23. The molecule has 0 aromatic heterocycles. The fourth-order valence-corrected chi connectivity index (χ4v) is 2.94. The molecule has 0 atom stereocenters. The molecule has 0 fully saturated rings. The van der Waals surface area contributed by atoms with E-state index < -0.39 is 7.47 Å². The van der Waals surface area contributed by atoms with E-state index in [0.717, 1.165) is 22.2 Å². The molecule has 0 aliphatic rings. The maximum atomic E-state index is 12.8. The molecule has 0 heterocycles. The lowest BCUT2D eigenvalue weighted by Crippen LogP contribution is -2.08. The number of methoxy groups -OCH3 is 1. The number of allylic oxidation sites excluding steroid dienone is 2. The van der Waals surface area contributed by atoms with Gasteiger partial charge in [-0.15, -0.1) is 0 Å². The number of hydrogen-bond acceptors (Lipinski definition) is 4. The topological polar surface area (TPSA) is 35.5 Å². The molecule has 0 saturated carbocycles. The first kappa shape index (κ1) is 19.8. The number of thioether (sulfide) groups is 1. The largest absolute Gasteiger partial charge is 0.796 e. The van der Waals surface area contributed by atoms with Gasteiger partial charge in [0.05, 0.1) is 12.0 Å². The Kier molecular flexibility index (Phi) is 7.47. The SMILES string of the molecule is COc1ccc(/C=C/C(OB(F)F)=C(\Sc2ccccc2)C(C)=O)cc1. The molecule has 0 unspecified atom stereocenters. The Hall–Kier alpha value is -2.54. The van der Waals surface area contributed by atoms with Crippen molar-refractivity contribution in [2.45, 2.75) is 11.8 Å². The number of hydrogen-bond donors (Lipinski definition) is 0. The van der Waals surface area contributed by atoms with Crippen LogP contribution in [-0.4, -0.2) is 20.4 Å². The Morgan fingerprint density at radius 1 is 1.08 bits per heavy atom. The smallest absolute Gasteiger partial charge is 0.504 e. The van der Waals surface area contributed by atoms with Crippen LogP contribution in [-0.2, 0) is 9.45 Å². The van der Waals surface area contributed by atoms with E-state index in [4.69, 9.17) is 4.74 Å². The molecule has 26 heavy (non-hydrogen) atoms. The molecular formula is C19H17BF2O3S. The minimum absolute atomic E-state index is 0.112. The Bertz CT molecular complexity index is 790. The van der Waals surface area contributed by atoms with Crippen molar-refractivity contribution in [2.24, 2.45) is 0 Å². The van der Waals surface area contributed by atoms with Crippen LogP contribution < -0.4 is 4.74 Å². The highest BCUT2D eigenvalue weighted by Crippen LogP contribution is 2.31. The van der Waals surface area contributed by atoms with Crippen molar-refractivity contribution in [3.05, 3.63) is 76.9 Å². The number of halogens is 2. The van der Waals surface area contributed by atoms with Crippen LogP contribution >= 0.6 is 11.8 Å². The summed E-state index contributed by atoms with van der Waals surface area (Å²) in [6.45, 7) is 1.32. The van der Waals surface area contributed by atoms with E-state index in [2.05, 4.69) is 4.65 Å². The van der Waals surface area contributed by atoms with Gasteiger partial charge in [-0.3, -0.25) is 4.79 Å². The van der Waals surface area contributed by atoms with Gasteiger partial charge in [0, 0.05) is 4.90 Å². The van der Waals surface area contributed by atoms with E-state index in [-0.39, 0.29) is 16.4 Å². The quantitative estimate of drug-likeness (QED) is 0.208. The molecule has 0 aliphatic carbocycles. The van der Waals surface area contributed by atoms with Gasteiger partial charge in [-0.25, -0.2) is 8.63 Å². The molecule has 2 aromatic rings. The number of Topliss-reactive ketones (excluding diaryl/α,β-unsaturated/α-hetero) is 1. The van der Waals surface area contributed by atoms with Gasteiger partial charge in [0.1, 0.15) is 11.5 Å². The van der Waals surface area contributed by atoms with Crippen LogP contribution in [0.1, 0.15) is 12.5 Å². The summed E-state index contributed by atoms with van der Waals surface area (Å²) >= 11 is 1.09. The maximum Gasteiger partial charge on any atom is 0.796 e. The molecule has 0 saturated heterocycles. The molecule has 0 N–H and O–H groups in total. The molecule has 0 amide bonds. The van der Waals surface area contributed by atoms with Crippen molar-refractivity contribution in [3.63, 3.8) is 0 Å². The highest BCUT2D eigenvalue weighted by atomic mass is 32.2. The van der Waals surface area contributed by atoms with Gasteiger partial charge in [-0.2, -0.15) is 0 Å². The van der Waals surface area contributed by atoms with Crippen LogP contribution in [0.15, 0.2) is 76.2 Å². The molecule has 7 heteroatoms. The van der Waals surface area contributed by atoms with Crippen molar-refractivity contribution in [2.75, 3.05) is 7.11 Å². The average molecular weight is 374 g/mol. The fraction of sp³-hybridized carbons (Fsp3) is 0.105. The van der Waals surface area contributed by atoms with E-state index in [0.29, 0.717) is 5.75 Å². The van der Waals surface area contributed by atoms with Crippen molar-refractivity contribution in [3.8, 4) is 5.75 Å². The predicted octanol–water partition coefficient (Wildman–Crippen LogP) is 5.24. The first-order chi connectivity index (χ1) is 12.5. The molecule has 2 rings (SSSR count). The first-order valence-corrected chi connectivity index (χ1v) is 8.56. The van der Waals surface area contributed by atoms with Gasteiger partial charge < -0.3 is 9.39 Å². The number of ether oxygens (including phenoxy) is 1. The Labute approximate surface area is 155 Å². The monoisotopic (exact) mass is 374 g/mol. The highest BCUT2D eigenvalue weighted by molar-refractivity contribution is 8.04. The third-order valence-corrected chi connectivity index (χ3v) is 4.47. The summed E-state index contributed by atoms with van der Waals surface area (Å²) in [5.74, 6) is 0.164. The number of benzene rings is 2. The standard InChI is InChI=1S/C19H17BF2O3S/c1-14(23)19(26-17-6-4-3-5-7-17)18(25-20(21)22)13-10-15-8-11-16(24-2)12-9-15/h3-13H,1-2H3/b13-10+,19-18+. The van der Waals surface area contributed by atoms with E-state index in [9.17, 15) is 13.4 Å². The predicted molar refractivity (Wildman–Crippen MR) is 101 cm³/mol. The summed E-state index contributed by atoms with van der Waals surface area (Å²) in [5.41, 5.74) is 0.758. The zero-order chi connectivity index (χ0) is 18.9. The van der Waals surface area contributed by atoms with Crippen LogP contribution in [0.25, 0.3) is 6.08 Å². The van der Waals surface area contributed by atoms with Crippen LogP contribution in [0.3, 0.4) is 0 Å². The Morgan fingerprint density at radius 3 is 2.27 bits per heavy atom. The second-order valence-electron chi connectivity index (χ2n) is 5.15. The first-order valence-electron chi connectivity index (χ1n) is 7.74. The summed E-state index contributed by atoms with van der Waals surface area (Å²) in [5, 5.41) is 0. The van der Waals surface area contributed by atoms with Crippen molar-refractivity contribution < 1.29 is 22.8 Å². The van der Waals surface area contributed by atoms with Crippen molar-refractivity contribution >= 4 is 31.1 Å². The second kappa shape index (κ2) is 9.82. The summed E-state index contributed by atoms with van der Waals surface area (Å²) in [4.78, 5) is 12.9. The summed E-state index contributed by atoms with van der Waals surface area (Å²) in [6.07, 6.45) is 2.98. The third kappa shape index (κ3) is 6.08. The fourth-order valence-electron chi connectivity index (χ4n) is 2.05. The minimum atomic E-state index is -3.03. The summed E-state index contributed by atoms with van der Waals surface area (Å²) < 4.78 is 35.4. The zero-order valence-electron chi connectivity index (χ0n) is 14.3. The lowest BCUT2D eigenvalue weighted by atomic mass is 10.2. The molecule has 2 aromatic carbocycles. The maximum absolute atomic E-state index is 12.8. The molecule has 0 spiro atoms. The molecule has 3 nitrogen and oxygen atoms in total. The van der Waals surface area contributed by atoms with Crippen LogP contribution in [0.2, 0.25) is 0 Å². The molecule has 134 valence electrons. The molecule has 0 radical (unpaired) electrons. The number of rotatable bonds is 8. The van der Waals surface area contributed by atoms with Crippen LogP contribution in [0.5, 0.6) is 5.75 Å². The van der Waals surface area contributed by atoms with E-state index >= 15 is 0 Å². The number of carbonyl (C=O) groups excluding carboxylic acids is 1. The van der Waals surface area contributed by atoms with Gasteiger partial charge in [0.15, 0.2) is 5.78 Å². The lowest BCUT2D eigenvalue weighted by Gasteiger charge is -2.10. The number of carbonyl (C=O) groups is 1. The van der Waals surface area contributed by atoms with Gasteiger partial charge in [0.25, 0.3) is 0 Å². The Morgan fingerprint density at radius 2 is 1.73 bits per heavy atom. The molecular weight excluding hydrogens is 357 g/mol. The zero-order valence-corrected chi connectivity index (χ0v) is 15.1. The van der Waals surface area contributed by atoms with E-state index in [1.165, 1.54) is 13.0 Å². The number of ketones is 1. The summed E-state index contributed by atoms with van der Waals surface area (Å²) in [7, 11) is -1.47. The lowest BCUT2D eigenvalue weighted by molar-refractivity contribution is -0.113. The van der Waals surface area contributed by atoms with Crippen molar-refractivity contribution in [1.82, 2.24) is 0 Å². The van der Waals surface area contributed by atoms with Gasteiger partial charge in [0.2, 0.25) is 0 Å². The molecule has 0 bridgehead atoms. The van der Waals surface area contributed by atoms with E-state index in [1.807, 2.05) is 6.07 Å². The average Bonchev–Trinajstić information content (AvgIpc) is 2.64. The van der Waals surface area contributed by atoms with Gasteiger partial charge in [-0.1, -0.05) is 48.2 Å². The normalized spacial score (nSPS) is 11.8. The highest BCUT2D eigenvalue weighted by Gasteiger charge is 2.22. The third-order valence-electron chi connectivity index (χ3n) is 3.27. The minimum Gasteiger partial charge on any atom is -0.504 e. The Balaban J connectivity index is 2.35. The summed E-state index contributed by atoms with van der Waals surface area (Å²) in [6, 6.07) is 16.1. The van der Waals surface area contributed by atoms with Gasteiger partial charge >= 0.3 is 7.47 Å². The van der Waals surface area contributed by atoms with Gasteiger partial charge in [-0.05, 0) is 42.8 Å².